The van der Waals surface area contributed by atoms with Crippen molar-refractivity contribution in [3.05, 3.63) is 67.7 Å². The van der Waals surface area contributed by atoms with Crippen LogP contribution in [0.2, 0.25) is 0 Å². The summed E-state index contributed by atoms with van der Waals surface area (Å²) in [6, 6.07) is 9.10. The molecule has 120 valence electrons. The summed E-state index contributed by atoms with van der Waals surface area (Å²) < 4.78 is 6.45. The second kappa shape index (κ2) is 6.91. The number of carbonyl (C=O) groups is 1. The summed E-state index contributed by atoms with van der Waals surface area (Å²) in [6.45, 7) is 5.94. The highest BCUT2D eigenvalue weighted by Crippen LogP contribution is 2.32. The predicted molar refractivity (Wildman–Crippen MR) is 91.0 cm³/mol. The molecule has 6 heteroatoms. The summed E-state index contributed by atoms with van der Waals surface area (Å²) in [5.41, 5.74) is 2.08. The number of hydrogen-bond acceptors (Lipinski definition) is 4. The monoisotopic (exact) mass is 377 g/mol. The largest absolute Gasteiger partial charge is 0.423 e. The van der Waals surface area contributed by atoms with Gasteiger partial charge in [0.2, 0.25) is 0 Å². The zero-order chi connectivity index (χ0) is 17.1. The Bertz CT molecular complexity index is 754. The number of aryl methyl sites for hydroxylation is 1. The highest BCUT2D eigenvalue weighted by atomic mass is 79.9. The molecule has 0 amide bonds. The van der Waals surface area contributed by atoms with Gasteiger partial charge >= 0.3 is 5.97 Å². The van der Waals surface area contributed by atoms with Gasteiger partial charge in [0.25, 0.3) is 5.69 Å². The molecule has 0 saturated heterocycles. The molecule has 0 spiro atoms. The van der Waals surface area contributed by atoms with E-state index in [9.17, 15) is 14.9 Å². The summed E-state index contributed by atoms with van der Waals surface area (Å²) in [7, 11) is 0. The van der Waals surface area contributed by atoms with Gasteiger partial charge in [-0.15, -0.1) is 0 Å². The Labute approximate surface area is 142 Å². The second-order valence-corrected chi connectivity index (χ2v) is 6.34. The fourth-order valence-corrected chi connectivity index (χ4v) is 2.45. The van der Waals surface area contributed by atoms with Gasteiger partial charge in [0.1, 0.15) is 5.75 Å². The van der Waals surface area contributed by atoms with Crippen LogP contribution in [0.1, 0.15) is 41.3 Å². The first-order valence-corrected chi connectivity index (χ1v) is 7.85. The highest BCUT2D eigenvalue weighted by molar-refractivity contribution is 9.10. The smallest absolute Gasteiger partial charge is 0.343 e. The molecule has 0 unspecified atom stereocenters. The Balaban J connectivity index is 2.29. The van der Waals surface area contributed by atoms with Crippen LogP contribution >= 0.6 is 15.9 Å². The minimum Gasteiger partial charge on any atom is -0.423 e. The van der Waals surface area contributed by atoms with Gasteiger partial charge in [-0.25, -0.2) is 4.79 Å². The molecule has 0 bridgehead atoms. The number of esters is 1. The molecular weight excluding hydrogens is 362 g/mol. The van der Waals surface area contributed by atoms with Crippen molar-refractivity contribution in [1.29, 1.82) is 0 Å². The molecule has 0 aliphatic rings. The summed E-state index contributed by atoms with van der Waals surface area (Å²) in [6.07, 6.45) is 0. The third kappa shape index (κ3) is 3.96. The molecule has 2 rings (SSSR count). The molecule has 0 saturated carbocycles. The normalized spacial score (nSPS) is 10.7. The van der Waals surface area contributed by atoms with Crippen LogP contribution in [0.15, 0.2) is 40.9 Å². The number of nitro benzene ring substituents is 1. The molecular formula is C17H16BrNO4. The number of non-ortho nitro benzene ring substituents is 1. The van der Waals surface area contributed by atoms with Gasteiger partial charge in [0.15, 0.2) is 0 Å². The summed E-state index contributed by atoms with van der Waals surface area (Å²) in [5, 5.41) is 10.6. The van der Waals surface area contributed by atoms with Crippen molar-refractivity contribution in [2.24, 2.45) is 0 Å². The Morgan fingerprint density at radius 1 is 1.22 bits per heavy atom. The van der Waals surface area contributed by atoms with Crippen LogP contribution in [0.5, 0.6) is 5.75 Å². The molecule has 0 radical (unpaired) electrons. The lowest BCUT2D eigenvalue weighted by Crippen LogP contribution is -2.10. The number of halogens is 1. The van der Waals surface area contributed by atoms with E-state index in [-0.39, 0.29) is 17.2 Å². The maximum Gasteiger partial charge on any atom is 0.343 e. The van der Waals surface area contributed by atoms with E-state index >= 15 is 0 Å². The first-order valence-electron chi connectivity index (χ1n) is 7.06. The van der Waals surface area contributed by atoms with Crippen molar-refractivity contribution >= 4 is 27.6 Å². The number of hydrogen-bond donors (Lipinski definition) is 0. The van der Waals surface area contributed by atoms with Gasteiger partial charge in [-0.05, 0) is 48.2 Å². The standard InChI is InChI=1S/C17H16BrNO4/c1-10(2)14-9-15(18)11(3)8-16(14)23-17(20)12-4-6-13(7-5-12)19(21)22/h4-10H,1-3H3. The zero-order valence-electron chi connectivity index (χ0n) is 13.0. The summed E-state index contributed by atoms with van der Waals surface area (Å²) in [4.78, 5) is 22.4. The molecule has 23 heavy (non-hydrogen) atoms. The van der Waals surface area contributed by atoms with Crippen molar-refractivity contribution in [2.45, 2.75) is 26.7 Å². The summed E-state index contributed by atoms with van der Waals surface area (Å²) >= 11 is 3.48. The number of nitrogens with zero attached hydrogens (tertiary/aromatic N) is 1. The average Bonchev–Trinajstić information content (AvgIpc) is 2.50. The van der Waals surface area contributed by atoms with Crippen LogP contribution < -0.4 is 4.74 Å². The van der Waals surface area contributed by atoms with Gasteiger partial charge in [-0.3, -0.25) is 10.1 Å². The van der Waals surface area contributed by atoms with Crippen LogP contribution in [-0.2, 0) is 0 Å². The van der Waals surface area contributed by atoms with Crippen LogP contribution in [0.4, 0.5) is 5.69 Å². The second-order valence-electron chi connectivity index (χ2n) is 5.49. The van der Waals surface area contributed by atoms with E-state index in [4.69, 9.17) is 4.74 Å². The molecule has 0 N–H and O–H groups in total. The number of benzene rings is 2. The topological polar surface area (TPSA) is 69.4 Å². The van der Waals surface area contributed by atoms with E-state index in [2.05, 4.69) is 15.9 Å². The van der Waals surface area contributed by atoms with E-state index < -0.39 is 10.9 Å². The summed E-state index contributed by atoms with van der Waals surface area (Å²) in [5.74, 6) is 0.152. The average molecular weight is 378 g/mol. The van der Waals surface area contributed by atoms with E-state index in [0.717, 1.165) is 15.6 Å². The van der Waals surface area contributed by atoms with E-state index in [1.807, 2.05) is 32.9 Å². The van der Waals surface area contributed by atoms with Crippen molar-refractivity contribution in [2.75, 3.05) is 0 Å². The molecule has 0 atom stereocenters. The number of carbonyl (C=O) groups excluding carboxylic acids is 1. The van der Waals surface area contributed by atoms with Gasteiger partial charge in [-0.1, -0.05) is 29.8 Å². The number of ether oxygens (including phenoxy) is 1. The highest BCUT2D eigenvalue weighted by Gasteiger charge is 2.16. The van der Waals surface area contributed by atoms with Crippen molar-refractivity contribution in [3.8, 4) is 5.75 Å². The first-order chi connectivity index (χ1) is 10.8. The maximum atomic E-state index is 12.3. The van der Waals surface area contributed by atoms with Crippen LogP contribution in [0.3, 0.4) is 0 Å². The van der Waals surface area contributed by atoms with E-state index in [1.165, 1.54) is 24.3 Å². The molecule has 2 aromatic carbocycles. The molecule has 0 heterocycles. The van der Waals surface area contributed by atoms with Gasteiger partial charge in [-0.2, -0.15) is 0 Å². The van der Waals surface area contributed by atoms with Crippen LogP contribution in [-0.4, -0.2) is 10.9 Å². The molecule has 0 aliphatic carbocycles. The number of rotatable bonds is 4. The fraction of sp³-hybridized carbons (Fsp3) is 0.235. The van der Waals surface area contributed by atoms with Crippen molar-refractivity contribution in [3.63, 3.8) is 0 Å². The molecule has 0 aromatic heterocycles. The van der Waals surface area contributed by atoms with Crippen LogP contribution in [0, 0.1) is 17.0 Å². The number of nitro groups is 1. The predicted octanol–water partition coefficient (Wildman–Crippen LogP) is 5.01. The minimum absolute atomic E-state index is 0.0658. The van der Waals surface area contributed by atoms with Crippen molar-refractivity contribution < 1.29 is 14.5 Å². The van der Waals surface area contributed by atoms with E-state index in [0.29, 0.717) is 5.75 Å². The van der Waals surface area contributed by atoms with Crippen LogP contribution in [0.25, 0.3) is 0 Å². The Hall–Kier alpha value is -2.21. The van der Waals surface area contributed by atoms with Gasteiger partial charge < -0.3 is 4.74 Å². The lowest BCUT2D eigenvalue weighted by Gasteiger charge is -2.15. The third-order valence-corrected chi connectivity index (χ3v) is 4.28. The Morgan fingerprint density at radius 2 is 1.83 bits per heavy atom. The molecule has 0 aliphatic heterocycles. The quantitative estimate of drug-likeness (QED) is 0.325. The lowest BCUT2D eigenvalue weighted by atomic mass is 10.0. The Kier molecular flexibility index (Phi) is 5.15. The lowest BCUT2D eigenvalue weighted by molar-refractivity contribution is -0.384. The van der Waals surface area contributed by atoms with Crippen molar-refractivity contribution in [1.82, 2.24) is 0 Å². The van der Waals surface area contributed by atoms with Gasteiger partial charge in [0, 0.05) is 16.6 Å². The molecule has 0 fully saturated rings. The maximum absolute atomic E-state index is 12.3. The van der Waals surface area contributed by atoms with Gasteiger partial charge in [0.05, 0.1) is 10.5 Å². The first kappa shape index (κ1) is 17.1. The Morgan fingerprint density at radius 3 is 2.35 bits per heavy atom. The van der Waals surface area contributed by atoms with E-state index in [1.54, 1.807) is 0 Å². The molecule has 5 nitrogen and oxygen atoms in total. The third-order valence-electron chi connectivity index (χ3n) is 3.43. The zero-order valence-corrected chi connectivity index (χ0v) is 14.6. The minimum atomic E-state index is -0.538. The SMILES string of the molecule is Cc1cc(OC(=O)c2ccc([N+](=O)[O-])cc2)c(C(C)C)cc1Br. The molecule has 2 aromatic rings. The fourth-order valence-electron chi connectivity index (χ4n) is 2.09.